The van der Waals surface area contributed by atoms with Gasteiger partial charge in [-0.2, -0.15) is 0 Å². The van der Waals surface area contributed by atoms with E-state index in [0.29, 0.717) is 18.8 Å². The van der Waals surface area contributed by atoms with Crippen LogP contribution in [0.1, 0.15) is 36.6 Å². The highest BCUT2D eigenvalue weighted by Crippen LogP contribution is 2.30. The molecule has 0 bridgehead atoms. The smallest absolute Gasteiger partial charge is 0.131 e. The summed E-state index contributed by atoms with van der Waals surface area (Å²) in [6, 6.07) is 11.6. The van der Waals surface area contributed by atoms with Crippen molar-refractivity contribution in [1.82, 2.24) is 5.32 Å². The van der Waals surface area contributed by atoms with Crippen molar-refractivity contribution < 1.29 is 9.13 Å². The molecule has 0 fully saturated rings. The first-order valence-electron chi connectivity index (χ1n) is 7.41. The standard InChI is InChI=1S/C18H20FNO/c1-3-20-12(2)13-6-7-18(19)17(9-13)14-4-5-15-10-21-11-16(15)8-14/h4-9,12,20H,3,10-11H2,1-2H3. The Labute approximate surface area is 125 Å². The zero-order valence-electron chi connectivity index (χ0n) is 12.4. The minimum absolute atomic E-state index is 0.179. The van der Waals surface area contributed by atoms with Crippen LogP contribution in [0.2, 0.25) is 0 Å². The Bertz CT molecular complexity index is 654. The molecule has 21 heavy (non-hydrogen) atoms. The van der Waals surface area contributed by atoms with Crippen LogP contribution in [0.3, 0.4) is 0 Å². The van der Waals surface area contributed by atoms with Crippen LogP contribution in [0, 0.1) is 5.82 Å². The molecule has 1 heterocycles. The van der Waals surface area contributed by atoms with Gasteiger partial charge in [0.05, 0.1) is 13.2 Å². The van der Waals surface area contributed by atoms with Crippen molar-refractivity contribution in [1.29, 1.82) is 0 Å². The predicted molar refractivity (Wildman–Crippen MR) is 82.4 cm³/mol. The van der Waals surface area contributed by atoms with Gasteiger partial charge in [-0.25, -0.2) is 4.39 Å². The van der Waals surface area contributed by atoms with Gasteiger partial charge in [-0.1, -0.05) is 25.1 Å². The summed E-state index contributed by atoms with van der Waals surface area (Å²) in [7, 11) is 0. The highest BCUT2D eigenvalue weighted by Gasteiger charge is 2.15. The molecular weight excluding hydrogens is 265 g/mol. The lowest BCUT2D eigenvalue weighted by Gasteiger charge is -2.15. The molecule has 1 aliphatic rings. The van der Waals surface area contributed by atoms with Crippen molar-refractivity contribution >= 4 is 0 Å². The normalized spacial score (nSPS) is 15.0. The Morgan fingerprint density at radius 2 is 1.95 bits per heavy atom. The number of rotatable bonds is 4. The summed E-state index contributed by atoms with van der Waals surface area (Å²) in [5.41, 5.74) is 5.05. The predicted octanol–water partition coefficient (Wildman–Crippen LogP) is 4.19. The molecule has 1 unspecified atom stereocenters. The lowest BCUT2D eigenvalue weighted by atomic mass is 9.97. The maximum atomic E-state index is 14.2. The third kappa shape index (κ3) is 2.85. The molecule has 2 nitrogen and oxygen atoms in total. The molecule has 0 saturated carbocycles. The summed E-state index contributed by atoms with van der Waals surface area (Å²) < 4.78 is 19.6. The summed E-state index contributed by atoms with van der Waals surface area (Å²) in [6.07, 6.45) is 0. The van der Waals surface area contributed by atoms with Crippen molar-refractivity contribution in [2.45, 2.75) is 33.1 Å². The lowest BCUT2D eigenvalue weighted by molar-refractivity contribution is 0.134. The third-order valence-electron chi connectivity index (χ3n) is 4.03. The monoisotopic (exact) mass is 285 g/mol. The van der Waals surface area contributed by atoms with Crippen molar-refractivity contribution in [3.63, 3.8) is 0 Å². The van der Waals surface area contributed by atoms with E-state index in [1.807, 2.05) is 30.3 Å². The molecule has 1 atom stereocenters. The number of halogens is 1. The van der Waals surface area contributed by atoms with Crippen molar-refractivity contribution in [3.05, 3.63) is 58.9 Å². The van der Waals surface area contributed by atoms with Gasteiger partial charge in [-0.05, 0) is 53.9 Å². The Kier molecular flexibility index (Phi) is 4.04. The third-order valence-corrected chi connectivity index (χ3v) is 4.03. The first-order valence-corrected chi connectivity index (χ1v) is 7.41. The Balaban J connectivity index is 1.99. The van der Waals surface area contributed by atoms with E-state index in [-0.39, 0.29) is 11.9 Å². The molecule has 0 saturated heterocycles. The molecular formula is C18H20FNO. The fraction of sp³-hybridized carbons (Fsp3) is 0.333. The van der Waals surface area contributed by atoms with Gasteiger partial charge in [0, 0.05) is 11.6 Å². The van der Waals surface area contributed by atoms with E-state index in [0.717, 1.165) is 23.2 Å². The van der Waals surface area contributed by atoms with Crippen LogP contribution in [0.4, 0.5) is 4.39 Å². The van der Waals surface area contributed by atoms with Gasteiger partial charge in [-0.15, -0.1) is 0 Å². The largest absolute Gasteiger partial charge is 0.372 e. The molecule has 2 aromatic carbocycles. The van der Waals surface area contributed by atoms with Gasteiger partial charge >= 0.3 is 0 Å². The first kappa shape index (κ1) is 14.2. The van der Waals surface area contributed by atoms with Gasteiger partial charge in [0.25, 0.3) is 0 Å². The van der Waals surface area contributed by atoms with Crippen molar-refractivity contribution in [2.24, 2.45) is 0 Å². The minimum atomic E-state index is -0.179. The fourth-order valence-electron chi connectivity index (χ4n) is 2.80. The number of hydrogen-bond acceptors (Lipinski definition) is 2. The zero-order chi connectivity index (χ0) is 14.8. The lowest BCUT2D eigenvalue weighted by Crippen LogP contribution is -2.17. The minimum Gasteiger partial charge on any atom is -0.372 e. The molecule has 1 aliphatic heterocycles. The Morgan fingerprint density at radius 1 is 1.14 bits per heavy atom. The second kappa shape index (κ2) is 5.96. The Morgan fingerprint density at radius 3 is 2.76 bits per heavy atom. The second-order valence-corrected chi connectivity index (χ2v) is 5.49. The summed E-state index contributed by atoms with van der Waals surface area (Å²) in [5.74, 6) is -0.179. The van der Waals surface area contributed by atoms with Crippen LogP contribution in [-0.4, -0.2) is 6.54 Å². The highest BCUT2D eigenvalue weighted by atomic mass is 19.1. The van der Waals surface area contributed by atoms with Gasteiger partial charge in [0.15, 0.2) is 0 Å². The summed E-state index contributed by atoms with van der Waals surface area (Å²) in [5, 5.41) is 3.36. The maximum absolute atomic E-state index is 14.2. The van der Waals surface area contributed by atoms with E-state index in [4.69, 9.17) is 4.74 Å². The number of ether oxygens (including phenoxy) is 1. The van der Waals surface area contributed by atoms with Gasteiger partial charge < -0.3 is 10.1 Å². The second-order valence-electron chi connectivity index (χ2n) is 5.49. The van der Waals surface area contributed by atoms with Gasteiger partial charge in [-0.3, -0.25) is 0 Å². The number of benzene rings is 2. The van der Waals surface area contributed by atoms with Gasteiger partial charge in [0.2, 0.25) is 0 Å². The zero-order valence-corrected chi connectivity index (χ0v) is 12.4. The van der Waals surface area contributed by atoms with E-state index < -0.39 is 0 Å². The summed E-state index contributed by atoms with van der Waals surface area (Å²) >= 11 is 0. The van der Waals surface area contributed by atoms with Gasteiger partial charge in [0.1, 0.15) is 5.82 Å². The number of nitrogens with one attached hydrogen (secondary N) is 1. The molecule has 110 valence electrons. The quantitative estimate of drug-likeness (QED) is 0.909. The van der Waals surface area contributed by atoms with Crippen molar-refractivity contribution in [3.8, 4) is 11.1 Å². The van der Waals surface area contributed by atoms with Crippen LogP contribution in [0.25, 0.3) is 11.1 Å². The van der Waals surface area contributed by atoms with E-state index in [1.54, 1.807) is 6.07 Å². The molecule has 0 amide bonds. The molecule has 0 radical (unpaired) electrons. The van der Waals surface area contributed by atoms with Crippen LogP contribution < -0.4 is 5.32 Å². The summed E-state index contributed by atoms with van der Waals surface area (Å²) in [6.45, 7) is 6.34. The summed E-state index contributed by atoms with van der Waals surface area (Å²) in [4.78, 5) is 0. The van der Waals surface area contributed by atoms with E-state index >= 15 is 0 Å². The van der Waals surface area contributed by atoms with Crippen LogP contribution in [-0.2, 0) is 18.0 Å². The topological polar surface area (TPSA) is 21.3 Å². The fourth-order valence-corrected chi connectivity index (χ4v) is 2.80. The highest BCUT2D eigenvalue weighted by molar-refractivity contribution is 5.66. The van der Waals surface area contributed by atoms with E-state index in [9.17, 15) is 4.39 Å². The average Bonchev–Trinajstić information content (AvgIpc) is 2.95. The number of hydrogen-bond donors (Lipinski definition) is 1. The maximum Gasteiger partial charge on any atom is 0.131 e. The van der Waals surface area contributed by atoms with E-state index in [1.165, 1.54) is 5.56 Å². The Hall–Kier alpha value is -1.71. The van der Waals surface area contributed by atoms with Crippen LogP contribution in [0.5, 0.6) is 0 Å². The first-order chi connectivity index (χ1) is 10.2. The molecule has 0 aromatic heterocycles. The molecule has 1 N–H and O–H groups in total. The van der Waals surface area contributed by atoms with Crippen LogP contribution in [0.15, 0.2) is 36.4 Å². The van der Waals surface area contributed by atoms with Crippen LogP contribution >= 0.6 is 0 Å². The molecule has 3 heteroatoms. The average molecular weight is 285 g/mol. The van der Waals surface area contributed by atoms with Crippen molar-refractivity contribution in [2.75, 3.05) is 6.54 Å². The van der Waals surface area contributed by atoms with E-state index in [2.05, 4.69) is 19.2 Å². The molecule has 3 rings (SSSR count). The molecule has 0 spiro atoms. The SMILES string of the molecule is CCNC(C)c1ccc(F)c(-c2ccc3c(c2)COC3)c1. The molecule has 0 aliphatic carbocycles. The number of fused-ring (bicyclic) bond motifs is 1. The molecule has 2 aromatic rings.